The summed E-state index contributed by atoms with van der Waals surface area (Å²) in [5.74, 6) is 0. The highest BCUT2D eigenvalue weighted by Gasteiger charge is 2.32. The van der Waals surface area contributed by atoms with Gasteiger partial charge in [0.25, 0.3) is 0 Å². The Bertz CT molecular complexity index is 162. The van der Waals surface area contributed by atoms with Crippen molar-refractivity contribution in [3.63, 3.8) is 0 Å². The Morgan fingerprint density at radius 1 is 1.38 bits per heavy atom. The first-order chi connectivity index (χ1) is 6.27. The van der Waals surface area contributed by atoms with Crippen molar-refractivity contribution in [2.45, 2.75) is 44.4 Å². The summed E-state index contributed by atoms with van der Waals surface area (Å²) in [5, 5.41) is 12.8. The van der Waals surface area contributed by atoms with Crippen molar-refractivity contribution < 1.29 is 5.11 Å². The van der Waals surface area contributed by atoms with Crippen LogP contribution in [0.3, 0.4) is 0 Å². The predicted octanol–water partition coefficient (Wildman–Crippen LogP) is 0.193. The normalized spacial score (nSPS) is 34.2. The van der Waals surface area contributed by atoms with Crippen molar-refractivity contribution in [1.82, 2.24) is 10.2 Å². The molecule has 2 saturated heterocycles. The molecule has 3 heteroatoms. The van der Waals surface area contributed by atoms with Crippen molar-refractivity contribution in [3.8, 4) is 0 Å². The van der Waals surface area contributed by atoms with Gasteiger partial charge in [-0.15, -0.1) is 0 Å². The van der Waals surface area contributed by atoms with Gasteiger partial charge in [0.05, 0.1) is 6.10 Å². The lowest BCUT2D eigenvalue weighted by Crippen LogP contribution is -2.60. The van der Waals surface area contributed by atoms with Gasteiger partial charge < -0.3 is 10.4 Å². The van der Waals surface area contributed by atoms with Gasteiger partial charge in [0, 0.05) is 25.2 Å². The zero-order valence-electron chi connectivity index (χ0n) is 8.37. The summed E-state index contributed by atoms with van der Waals surface area (Å²) >= 11 is 0. The molecule has 2 heterocycles. The number of aliphatic hydroxyl groups excluding tert-OH is 1. The lowest BCUT2D eigenvalue weighted by molar-refractivity contribution is -0.0310. The highest BCUT2D eigenvalue weighted by atomic mass is 16.3. The topological polar surface area (TPSA) is 35.5 Å². The molecular formula is C10H20N2O. The lowest BCUT2D eigenvalue weighted by Gasteiger charge is -2.44. The predicted molar refractivity (Wildman–Crippen MR) is 52.7 cm³/mol. The third-order valence-electron chi connectivity index (χ3n) is 3.40. The Balaban J connectivity index is 1.78. The van der Waals surface area contributed by atoms with E-state index >= 15 is 0 Å². The Morgan fingerprint density at radius 3 is 2.69 bits per heavy atom. The van der Waals surface area contributed by atoms with Gasteiger partial charge in [-0.3, -0.25) is 4.90 Å². The third kappa shape index (κ3) is 2.03. The molecule has 0 aromatic carbocycles. The summed E-state index contributed by atoms with van der Waals surface area (Å²) in [7, 11) is 0. The van der Waals surface area contributed by atoms with Crippen molar-refractivity contribution >= 4 is 0 Å². The average molecular weight is 184 g/mol. The second kappa shape index (κ2) is 3.95. The maximum absolute atomic E-state index is 9.20. The quantitative estimate of drug-likeness (QED) is 0.643. The molecule has 2 rings (SSSR count). The molecule has 2 atom stereocenters. The van der Waals surface area contributed by atoms with Gasteiger partial charge in [0.2, 0.25) is 0 Å². The van der Waals surface area contributed by atoms with Gasteiger partial charge in [-0.1, -0.05) is 6.42 Å². The van der Waals surface area contributed by atoms with Gasteiger partial charge in [0.15, 0.2) is 0 Å². The second-order valence-electron chi connectivity index (χ2n) is 4.40. The van der Waals surface area contributed by atoms with E-state index in [2.05, 4.69) is 17.1 Å². The minimum Gasteiger partial charge on any atom is -0.390 e. The van der Waals surface area contributed by atoms with Crippen LogP contribution in [-0.4, -0.2) is 47.8 Å². The molecule has 76 valence electrons. The van der Waals surface area contributed by atoms with E-state index in [-0.39, 0.29) is 6.10 Å². The van der Waals surface area contributed by atoms with Crippen LogP contribution in [0.1, 0.15) is 26.2 Å². The third-order valence-corrected chi connectivity index (χ3v) is 3.40. The largest absolute Gasteiger partial charge is 0.390 e. The zero-order valence-corrected chi connectivity index (χ0v) is 8.37. The van der Waals surface area contributed by atoms with Crippen molar-refractivity contribution in [3.05, 3.63) is 0 Å². The fraction of sp³-hybridized carbons (Fsp3) is 1.00. The van der Waals surface area contributed by atoms with Crippen LogP contribution in [0, 0.1) is 0 Å². The molecule has 0 amide bonds. The molecule has 2 fully saturated rings. The van der Waals surface area contributed by atoms with E-state index in [4.69, 9.17) is 0 Å². The van der Waals surface area contributed by atoms with Crippen molar-refractivity contribution in [1.29, 1.82) is 0 Å². The Kier molecular flexibility index (Phi) is 2.86. The number of hydrogen-bond acceptors (Lipinski definition) is 3. The van der Waals surface area contributed by atoms with E-state index in [1.54, 1.807) is 0 Å². The average Bonchev–Trinajstić information content (AvgIpc) is 2.13. The van der Waals surface area contributed by atoms with E-state index in [1.165, 1.54) is 25.8 Å². The summed E-state index contributed by atoms with van der Waals surface area (Å²) in [6, 6.07) is 1.25. The number of β-amino-alcohol motifs (C(OH)–C–C–N with tert-alkyl or cyclic N) is 1. The molecule has 0 aromatic heterocycles. The smallest absolute Gasteiger partial charge is 0.0794 e. The van der Waals surface area contributed by atoms with Crippen LogP contribution < -0.4 is 5.32 Å². The Labute approximate surface area is 80.1 Å². The van der Waals surface area contributed by atoms with Gasteiger partial charge >= 0.3 is 0 Å². The van der Waals surface area contributed by atoms with Crippen LogP contribution in [0.15, 0.2) is 0 Å². The number of likely N-dealkylation sites (tertiary alicyclic amines) is 1. The monoisotopic (exact) mass is 184 g/mol. The number of rotatable bonds is 2. The Hall–Kier alpha value is -0.120. The zero-order chi connectivity index (χ0) is 9.26. The molecule has 2 unspecified atom stereocenters. The molecule has 2 aliphatic heterocycles. The summed E-state index contributed by atoms with van der Waals surface area (Å²) < 4.78 is 0. The molecule has 0 radical (unpaired) electrons. The van der Waals surface area contributed by atoms with Crippen molar-refractivity contribution in [2.75, 3.05) is 19.6 Å². The van der Waals surface area contributed by atoms with Crippen LogP contribution in [0.2, 0.25) is 0 Å². The molecule has 0 aromatic rings. The number of hydrogen-bond donors (Lipinski definition) is 2. The van der Waals surface area contributed by atoms with E-state index < -0.39 is 0 Å². The SMILES string of the molecule is CC(C1CCCCN1)N1CC(O)C1. The van der Waals surface area contributed by atoms with Crippen LogP contribution in [-0.2, 0) is 0 Å². The second-order valence-corrected chi connectivity index (χ2v) is 4.40. The lowest BCUT2D eigenvalue weighted by atomic mass is 9.95. The first kappa shape index (κ1) is 9.44. The number of aliphatic hydroxyl groups is 1. The van der Waals surface area contributed by atoms with Gasteiger partial charge in [-0.25, -0.2) is 0 Å². The maximum Gasteiger partial charge on any atom is 0.0794 e. The molecule has 0 spiro atoms. The summed E-state index contributed by atoms with van der Waals surface area (Å²) in [6.45, 7) is 5.19. The van der Waals surface area contributed by atoms with Crippen LogP contribution in [0.25, 0.3) is 0 Å². The van der Waals surface area contributed by atoms with Crippen molar-refractivity contribution in [2.24, 2.45) is 0 Å². The van der Waals surface area contributed by atoms with Gasteiger partial charge in [-0.2, -0.15) is 0 Å². The minimum absolute atomic E-state index is 0.0639. The van der Waals surface area contributed by atoms with Crippen LogP contribution in [0.4, 0.5) is 0 Å². The van der Waals surface area contributed by atoms with E-state index in [0.29, 0.717) is 12.1 Å². The van der Waals surface area contributed by atoms with Gasteiger partial charge in [0.1, 0.15) is 0 Å². The molecule has 0 saturated carbocycles. The summed E-state index contributed by atoms with van der Waals surface area (Å²) in [5.41, 5.74) is 0. The number of nitrogens with zero attached hydrogens (tertiary/aromatic N) is 1. The number of piperidine rings is 1. The molecule has 2 aliphatic rings. The molecule has 0 aliphatic carbocycles. The van der Waals surface area contributed by atoms with Gasteiger partial charge in [-0.05, 0) is 26.3 Å². The minimum atomic E-state index is -0.0639. The fourth-order valence-electron chi connectivity index (χ4n) is 2.37. The molecule has 0 bridgehead atoms. The van der Waals surface area contributed by atoms with E-state index in [9.17, 15) is 5.11 Å². The summed E-state index contributed by atoms with van der Waals surface area (Å²) in [6.07, 6.45) is 3.92. The highest BCUT2D eigenvalue weighted by Crippen LogP contribution is 2.19. The molecule has 13 heavy (non-hydrogen) atoms. The fourth-order valence-corrected chi connectivity index (χ4v) is 2.37. The summed E-state index contributed by atoms with van der Waals surface area (Å²) in [4.78, 5) is 2.37. The molecular weight excluding hydrogens is 164 g/mol. The number of nitrogens with one attached hydrogen (secondary N) is 1. The highest BCUT2D eigenvalue weighted by molar-refractivity contribution is 4.90. The van der Waals surface area contributed by atoms with Crippen LogP contribution >= 0.6 is 0 Å². The first-order valence-corrected chi connectivity index (χ1v) is 5.43. The van der Waals surface area contributed by atoms with E-state index in [1.807, 2.05) is 0 Å². The Morgan fingerprint density at radius 2 is 2.15 bits per heavy atom. The maximum atomic E-state index is 9.20. The standard InChI is InChI=1S/C10H20N2O/c1-8(12-6-9(13)7-12)10-4-2-3-5-11-10/h8-11,13H,2-7H2,1H3. The molecule has 2 N–H and O–H groups in total. The first-order valence-electron chi connectivity index (χ1n) is 5.43. The van der Waals surface area contributed by atoms with Crippen LogP contribution in [0.5, 0.6) is 0 Å². The van der Waals surface area contributed by atoms with E-state index in [0.717, 1.165) is 13.1 Å². The molecule has 3 nitrogen and oxygen atoms in total.